The van der Waals surface area contributed by atoms with E-state index < -0.39 is 0 Å². The van der Waals surface area contributed by atoms with E-state index in [9.17, 15) is 9.18 Å². The maximum Gasteiger partial charge on any atom is 0.271 e. The summed E-state index contributed by atoms with van der Waals surface area (Å²) in [7, 11) is 0. The molecule has 150 valence electrons. The molecule has 2 aliphatic rings. The third kappa shape index (κ3) is 4.29. The molecule has 4 rings (SSSR count). The van der Waals surface area contributed by atoms with E-state index in [0.717, 1.165) is 49.7 Å². The van der Waals surface area contributed by atoms with Crippen LogP contribution in [-0.4, -0.2) is 22.0 Å². The predicted octanol–water partition coefficient (Wildman–Crippen LogP) is 4.76. The fraction of sp³-hybridized carbons (Fsp3) is 0.565. The molecular formula is C23H30FN3O. The maximum atomic E-state index is 13.6. The van der Waals surface area contributed by atoms with Crippen molar-refractivity contribution in [3.63, 3.8) is 0 Å². The molecule has 1 amide bonds. The van der Waals surface area contributed by atoms with E-state index in [1.165, 1.54) is 32.1 Å². The molecule has 1 aliphatic heterocycles. The highest BCUT2D eigenvalue weighted by molar-refractivity contribution is 5.92. The summed E-state index contributed by atoms with van der Waals surface area (Å²) in [5.74, 6) is 1.86. The van der Waals surface area contributed by atoms with E-state index >= 15 is 0 Å². The number of benzene rings is 1. The summed E-state index contributed by atoms with van der Waals surface area (Å²) < 4.78 is 15.7. The molecule has 0 radical (unpaired) electrons. The molecule has 1 saturated carbocycles. The van der Waals surface area contributed by atoms with E-state index in [4.69, 9.17) is 0 Å². The quantitative estimate of drug-likeness (QED) is 0.809. The Morgan fingerprint density at radius 1 is 1.25 bits per heavy atom. The lowest BCUT2D eigenvalue weighted by Crippen LogP contribution is -2.26. The van der Waals surface area contributed by atoms with Crippen molar-refractivity contribution >= 4 is 5.91 Å². The van der Waals surface area contributed by atoms with Crippen LogP contribution in [0.25, 0.3) is 0 Å². The number of hydrogen-bond acceptors (Lipinski definition) is 2. The van der Waals surface area contributed by atoms with E-state index in [2.05, 4.69) is 14.9 Å². The summed E-state index contributed by atoms with van der Waals surface area (Å²) in [6.07, 6.45) is 11.4. The van der Waals surface area contributed by atoms with Gasteiger partial charge in [-0.2, -0.15) is 0 Å². The Hall–Kier alpha value is -2.17. The van der Waals surface area contributed by atoms with Crippen LogP contribution in [0.1, 0.15) is 78.3 Å². The van der Waals surface area contributed by atoms with Gasteiger partial charge in [-0.15, -0.1) is 0 Å². The monoisotopic (exact) mass is 383 g/mol. The van der Waals surface area contributed by atoms with Crippen LogP contribution >= 0.6 is 0 Å². The summed E-state index contributed by atoms with van der Waals surface area (Å²) in [5, 5.41) is 3.06. The van der Waals surface area contributed by atoms with E-state index in [-0.39, 0.29) is 11.7 Å². The number of aromatic nitrogens is 2. The van der Waals surface area contributed by atoms with Crippen molar-refractivity contribution in [3.8, 4) is 0 Å². The Morgan fingerprint density at radius 3 is 2.86 bits per heavy atom. The van der Waals surface area contributed by atoms with Gasteiger partial charge in [-0.25, -0.2) is 9.37 Å². The van der Waals surface area contributed by atoms with Gasteiger partial charge >= 0.3 is 0 Å². The fourth-order valence-electron chi connectivity index (χ4n) is 4.70. The number of aryl methyl sites for hydroxylation is 2. The van der Waals surface area contributed by atoms with Crippen molar-refractivity contribution in [3.05, 3.63) is 52.9 Å². The topological polar surface area (TPSA) is 46.9 Å². The smallest absolute Gasteiger partial charge is 0.271 e. The second-order valence-corrected chi connectivity index (χ2v) is 8.49. The van der Waals surface area contributed by atoms with Crippen LogP contribution in [0.2, 0.25) is 0 Å². The highest BCUT2D eigenvalue weighted by Gasteiger charge is 2.24. The Labute approximate surface area is 166 Å². The zero-order valence-electron chi connectivity index (χ0n) is 16.7. The molecule has 1 atom stereocenters. The normalized spacial score (nSPS) is 20.0. The molecule has 0 spiro atoms. The molecule has 1 aromatic carbocycles. The molecule has 1 N–H and O–H groups in total. The molecule has 0 saturated heterocycles. The SMILES string of the molecule is Cc1cc(C2CCc3nc(C(=O)NCCC4CCCCC4)cn3C2)ccc1F. The van der Waals surface area contributed by atoms with Crippen LogP contribution in [0, 0.1) is 18.7 Å². The summed E-state index contributed by atoms with van der Waals surface area (Å²) in [6.45, 7) is 3.34. The number of imidazole rings is 1. The number of nitrogens with one attached hydrogen (secondary N) is 1. The van der Waals surface area contributed by atoms with Crippen molar-refractivity contribution in [1.82, 2.24) is 14.9 Å². The van der Waals surface area contributed by atoms with Crippen LogP contribution in [0.4, 0.5) is 4.39 Å². The largest absolute Gasteiger partial charge is 0.351 e. The Kier molecular flexibility index (Phi) is 5.79. The Balaban J connectivity index is 1.35. The van der Waals surface area contributed by atoms with Crippen LogP contribution in [0.15, 0.2) is 24.4 Å². The van der Waals surface area contributed by atoms with Gasteiger partial charge in [-0.05, 0) is 42.9 Å². The minimum Gasteiger partial charge on any atom is -0.351 e. The molecule has 1 aromatic heterocycles. The third-order valence-electron chi connectivity index (χ3n) is 6.44. The Bertz CT molecular complexity index is 838. The van der Waals surface area contributed by atoms with E-state index in [0.29, 0.717) is 17.2 Å². The number of carbonyl (C=O) groups excluding carboxylic acids is 1. The molecule has 1 unspecified atom stereocenters. The minimum absolute atomic E-state index is 0.0631. The number of amides is 1. The number of rotatable bonds is 5. The van der Waals surface area contributed by atoms with Crippen LogP contribution in [-0.2, 0) is 13.0 Å². The van der Waals surface area contributed by atoms with Crippen molar-refractivity contribution < 1.29 is 9.18 Å². The average Bonchev–Trinajstić information content (AvgIpc) is 3.14. The molecule has 1 fully saturated rings. The van der Waals surface area contributed by atoms with Crippen LogP contribution < -0.4 is 5.32 Å². The zero-order chi connectivity index (χ0) is 19.5. The average molecular weight is 384 g/mol. The van der Waals surface area contributed by atoms with Crippen molar-refractivity contribution in [2.45, 2.75) is 70.8 Å². The first kappa shape index (κ1) is 19.2. The van der Waals surface area contributed by atoms with Gasteiger partial charge in [0.2, 0.25) is 0 Å². The molecule has 28 heavy (non-hydrogen) atoms. The van der Waals surface area contributed by atoms with Gasteiger partial charge in [0.15, 0.2) is 0 Å². The minimum atomic E-state index is -0.157. The van der Waals surface area contributed by atoms with Gasteiger partial charge in [0, 0.05) is 31.6 Å². The lowest BCUT2D eigenvalue weighted by atomic mass is 9.87. The number of carbonyl (C=O) groups is 1. The van der Waals surface area contributed by atoms with Gasteiger partial charge in [0.05, 0.1) is 0 Å². The molecule has 2 aromatic rings. The van der Waals surface area contributed by atoms with Crippen LogP contribution in [0.3, 0.4) is 0 Å². The number of fused-ring (bicyclic) bond motifs is 1. The molecular weight excluding hydrogens is 353 g/mol. The molecule has 2 heterocycles. The summed E-state index contributed by atoms with van der Waals surface area (Å²) in [4.78, 5) is 17.1. The molecule has 5 heteroatoms. The second-order valence-electron chi connectivity index (χ2n) is 8.49. The first-order chi connectivity index (χ1) is 13.6. The Morgan fingerprint density at radius 2 is 2.07 bits per heavy atom. The number of hydrogen-bond donors (Lipinski definition) is 1. The number of halogens is 1. The highest BCUT2D eigenvalue weighted by Crippen LogP contribution is 2.30. The first-order valence-corrected chi connectivity index (χ1v) is 10.7. The molecule has 4 nitrogen and oxygen atoms in total. The maximum absolute atomic E-state index is 13.6. The summed E-state index contributed by atoms with van der Waals surface area (Å²) in [5.41, 5.74) is 2.37. The van der Waals surface area contributed by atoms with Crippen molar-refractivity contribution in [2.75, 3.05) is 6.54 Å². The van der Waals surface area contributed by atoms with E-state index in [1.54, 1.807) is 13.0 Å². The predicted molar refractivity (Wildman–Crippen MR) is 108 cm³/mol. The van der Waals surface area contributed by atoms with Gasteiger partial charge in [0.25, 0.3) is 5.91 Å². The highest BCUT2D eigenvalue weighted by atomic mass is 19.1. The van der Waals surface area contributed by atoms with Gasteiger partial charge in [-0.3, -0.25) is 4.79 Å². The lowest BCUT2D eigenvalue weighted by molar-refractivity contribution is 0.0945. The summed E-state index contributed by atoms with van der Waals surface area (Å²) in [6, 6.07) is 5.38. The number of nitrogens with zero attached hydrogens (tertiary/aromatic N) is 2. The fourth-order valence-corrected chi connectivity index (χ4v) is 4.70. The molecule has 1 aliphatic carbocycles. The summed E-state index contributed by atoms with van der Waals surface area (Å²) >= 11 is 0. The van der Waals surface area contributed by atoms with Gasteiger partial charge in [0.1, 0.15) is 17.3 Å². The standard InChI is InChI=1S/C23H30FN3O/c1-16-13-18(7-9-20(16)24)19-8-10-22-26-21(15-27(22)14-19)23(28)25-12-11-17-5-3-2-4-6-17/h7,9,13,15,17,19H,2-6,8,10-12,14H2,1H3,(H,25,28). The van der Waals surface area contributed by atoms with Crippen molar-refractivity contribution in [1.29, 1.82) is 0 Å². The molecule has 0 bridgehead atoms. The van der Waals surface area contributed by atoms with Crippen molar-refractivity contribution in [2.24, 2.45) is 5.92 Å². The van der Waals surface area contributed by atoms with Crippen LogP contribution in [0.5, 0.6) is 0 Å². The zero-order valence-corrected chi connectivity index (χ0v) is 16.7. The van der Waals surface area contributed by atoms with E-state index in [1.807, 2.05) is 18.3 Å². The van der Waals surface area contributed by atoms with Gasteiger partial charge < -0.3 is 9.88 Å². The first-order valence-electron chi connectivity index (χ1n) is 10.7. The lowest BCUT2D eigenvalue weighted by Gasteiger charge is -2.24. The second kappa shape index (κ2) is 8.46. The third-order valence-corrected chi connectivity index (χ3v) is 6.44. The van der Waals surface area contributed by atoms with Gasteiger partial charge in [-0.1, -0.05) is 44.2 Å².